The average molecular weight is 419 g/mol. The van der Waals surface area contributed by atoms with E-state index in [1.165, 1.54) is 7.11 Å². The van der Waals surface area contributed by atoms with Crippen LogP contribution in [0.15, 0.2) is 24.3 Å². The summed E-state index contributed by atoms with van der Waals surface area (Å²) in [7, 11) is 1.30. The summed E-state index contributed by atoms with van der Waals surface area (Å²) in [6, 6.07) is 5.94. The Balaban J connectivity index is 2.95. The second kappa shape index (κ2) is 11.1. The van der Waals surface area contributed by atoms with Gasteiger partial charge in [-0.05, 0) is 47.8 Å². The van der Waals surface area contributed by atoms with Gasteiger partial charge < -0.3 is 15.4 Å². The minimum atomic E-state index is -0.737. The second-order valence-electron chi connectivity index (χ2n) is 9.70. The number of hydrogen-bond donors (Lipinski definition) is 2. The van der Waals surface area contributed by atoms with E-state index in [1.807, 2.05) is 39.8 Å². The highest BCUT2D eigenvalue weighted by Gasteiger charge is 2.28. The highest BCUT2D eigenvalue weighted by molar-refractivity contribution is 5.98. The van der Waals surface area contributed by atoms with E-state index in [-0.39, 0.29) is 29.1 Å². The van der Waals surface area contributed by atoms with Crippen molar-refractivity contribution in [3.63, 3.8) is 0 Å². The van der Waals surface area contributed by atoms with Gasteiger partial charge in [-0.25, -0.2) is 4.79 Å². The smallest absolute Gasteiger partial charge is 0.328 e. The van der Waals surface area contributed by atoms with Crippen molar-refractivity contribution in [1.29, 1.82) is 0 Å². The summed E-state index contributed by atoms with van der Waals surface area (Å²) < 4.78 is 4.82. The molecule has 0 spiro atoms. The fourth-order valence-corrected chi connectivity index (χ4v) is 3.17. The second-order valence-corrected chi connectivity index (χ2v) is 9.70. The monoisotopic (exact) mass is 418 g/mol. The quantitative estimate of drug-likeness (QED) is 0.597. The van der Waals surface area contributed by atoms with Crippen LogP contribution >= 0.6 is 0 Å². The van der Waals surface area contributed by atoms with Crippen LogP contribution in [0.25, 0.3) is 0 Å². The Hall–Kier alpha value is -2.37. The SMILES string of the molecule is COC(=O)[C@@H](CC(C)C)NC(=O)[C@H](CC(C)C)NC(=O)c1ccc(C(C)(C)C)cc1. The van der Waals surface area contributed by atoms with Gasteiger partial charge in [0.15, 0.2) is 0 Å². The summed E-state index contributed by atoms with van der Waals surface area (Å²) in [5, 5.41) is 5.60. The number of carbonyl (C=O) groups excluding carboxylic acids is 3. The Labute approximate surface area is 181 Å². The highest BCUT2D eigenvalue weighted by atomic mass is 16.5. The normalized spacial score (nSPS) is 13.7. The first-order chi connectivity index (χ1) is 13.8. The zero-order chi connectivity index (χ0) is 23.1. The molecule has 6 heteroatoms. The number of amides is 2. The van der Waals surface area contributed by atoms with Gasteiger partial charge in [0.05, 0.1) is 7.11 Å². The maximum atomic E-state index is 12.9. The van der Waals surface area contributed by atoms with Crippen molar-refractivity contribution in [2.45, 2.75) is 78.8 Å². The minimum Gasteiger partial charge on any atom is -0.467 e. The molecule has 2 amide bonds. The Bertz CT molecular complexity index is 718. The number of esters is 1. The number of ether oxygens (including phenoxy) is 1. The molecule has 0 aromatic heterocycles. The molecule has 1 rings (SSSR count). The Morgan fingerprint density at radius 1 is 0.867 bits per heavy atom. The van der Waals surface area contributed by atoms with Crippen LogP contribution in [0.1, 0.15) is 77.2 Å². The van der Waals surface area contributed by atoms with Crippen LogP contribution in [0.4, 0.5) is 0 Å². The van der Waals surface area contributed by atoms with Gasteiger partial charge >= 0.3 is 5.97 Å². The van der Waals surface area contributed by atoms with Crippen LogP contribution in [-0.2, 0) is 19.7 Å². The standard InChI is InChI=1S/C24H38N2O4/c1-15(2)13-19(22(28)26-20(14-16(3)4)23(29)30-8)25-21(27)17-9-11-18(12-10-17)24(5,6)7/h9-12,15-16,19-20H,13-14H2,1-8H3,(H,25,27)(H,26,28)/t19-,20+/m0/s1. The average Bonchev–Trinajstić information content (AvgIpc) is 2.64. The van der Waals surface area contributed by atoms with Gasteiger partial charge in [-0.15, -0.1) is 0 Å². The van der Waals surface area contributed by atoms with Gasteiger partial charge in [-0.1, -0.05) is 60.6 Å². The number of methoxy groups -OCH3 is 1. The molecule has 168 valence electrons. The Kier molecular flexibility index (Phi) is 9.53. The third-order valence-corrected chi connectivity index (χ3v) is 4.85. The van der Waals surface area contributed by atoms with Crippen molar-refractivity contribution < 1.29 is 19.1 Å². The lowest BCUT2D eigenvalue weighted by Gasteiger charge is -2.24. The van der Waals surface area contributed by atoms with Gasteiger partial charge in [-0.2, -0.15) is 0 Å². The lowest BCUT2D eigenvalue weighted by Crippen LogP contribution is -2.52. The predicted octanol–water partition coefficient (Wildman–Crippen LogP) is 3.83. The van der Waals surface area contributed by atoms with Crippen molar-refractivity contribution in [1.82, 2.24) is 10.6 Å². The minimum absolute atomic E-state index is 0.00557. The van der Waals surface area contributed by atoms with Crippen LogP contribution < -0.4 is 10.6 Å². The molecule has 2 atom stereocenters. The number of nitrogens with one attached hydrogen (secondary N) is 2. The first kappa shape index (κ1) is 25.7. The first-order valence-electron chi connectivity index (χ1n) is 10.6. The van der Waals surface area contributed by atoms with Crippen molar-refractivity contribution >= 4 is 17.8 Å². The maximum absolute atomic E-state index is 12.9. The lowest BCUT2D eigenvalue weighted by atomic mass is 9.86. The number of rotatable bonds is 9. The molecule has 0 saturated heterocycles. The van der Waals surface area contributed by atoms with Gasteiger partial charge in [0.25, 0.3) is 5.91 Å². The van der Waals surface area contributed by atoms with Crippen LogP contribution in [-0.4, -0.2) is 37.0 Å². The summed E-state index contributed by atoms with van der Waals surface area (Å²) in [6.45, 7) is 14.2. The van der Waals surface area contributed by atoms with E-state index >= 15 is 0 Å². The van der Waals surface area contributed by atoms with Crippen LogP contribution in [0, 0.1) is 11.8 Å². The van der Waals surface area contributed by atoms with Crippen molar-refractivity contribution in [3.05, 3.63) is 35.4 Å². The molecule has 30 heavy (non-hydrogen) atoms. The molecule has 0 radical (unpaired) electrons. The van der Waals surface area contributed by atoms with Crippen LogP contribution in [0.2, 0.25) is 0 Å². The first-order valence-corrected chi connectivity index (χ1v) is 10.6. The molecule has 1 aromatic rings. The fraction of sp³-hybridized carbons (Fsp3) is 0.625. The van der Waals surface area contributed by atoms with E-state index in [0.717, 1.165) is 5.56 Å². The number of hydrogen-bond acceptors (Lipinski definition) is 4. The van der Waals surface area contributed by atoms with Gasteiger partial charge in [0, 0.05) is 5.56 Å². The third kappa shape index (κ3) is 8.17. The van der Waals surface area contributed by atoms with Crippen molar-refractivity contribution in [3.8, 4) is 0 Å². The van der Waals surface area contributed by atoms with Gasteiger partial charge in [-0.3, -0.25) is 9.59 Å². The highest BCUT2D eigenvalue weighted by Crippen LogP contribution is 2.22. The van der Waals surface area contributed by atoms with E-state index in [2.05, 4.69) is 31.4 Å². The predicted molar refractivity (Wildman–Crippen MR) is 119 cm³/mol. The van der Waals surface area contributed by atoms with E-state index < -0.39 is 18.1 Å². The summed E-state index contributed by atoms with van der Waals surface area (Å²) in [5.41, 5.74) is 1.62. The molecule has 0 aliphatic heterocycles. The number of carbonyl (C=O) groups is 3. The van der Waals surface area contributed by atoms with E-state index in [9.17, 15) is 14.4 Å². The maximum Gasteiger partial charge on any atom is 0.328 e. The van der Waals surface area contributed by atoms with E-state index in [0.29, 0.717) is 18.4 Å². The molecule has 0 heterocycles. The largest absolute Gasteiger partial charge is 0.467 e. The molecular formula is C24H38N2O4. The summed E-state index contributed by atoms with van der Waals surface area (Å²) >= 11 is 0. The number of benzene rings is 1. The molecule has 0 fully saturated rings. The summed E-state index contributed by atoms with van der Waals surface area (Å²) in [5.74, 6) is -0.779. The fourth-order valence-electron chi connectivity index (χ4n) is 3.17. The Morgan fingerprint density at radius 2 is 1.37 bits per heavy atom. The molecule has 0 aliphatic rings. The molecule has 0 saturated carbocycles. The molecule has 1 aromatic carbocycles. The molecular weight excluding hydrogens is 380 g/mol. The van der Waals surface area contributed by atoms with E-state index in [1.54, 1.807) is 12.1 Å². The molecule has 0 aliphatic carbocycles. The van der Waals surface area contributed by atoms with Crippen LogP contribution in [0.3, 0.4) is 0 Å². The topological polar surface area (TPSA) is 84.5 Å². The zero-order valence-electron chi connectivity index (χ0n) is 19.7. The van der Waals surface area contributed by atoms with Gasteiger partial charge in [0.2, 0.25) is 5.91 Å². The molecule has 0 bridgehead atoms. The summed E-state index contributed by atoms with van der Waals surface area (Å²) in [6.07, 6.45) is 0.933. The lowest BCUT2D eigenvalue weighted by molar-refractivity contribution is -0.145. The summed E-state index contributed by atoms with van der Waals surface area (Å²) in [4.78, 5) is 37.7. The molecule has 2 N–H and O–H groups in total. The van der Waals surface area contributed by atoms with E-state index in [4.69, 9.17) is 4.74 Å². The van der Waals surface area contributed by atoms with Gasteiger partial charge in [0.1, 0.15) is 12.1 Å². The van der Waals surface area contributed by atoms with Crippen LogP contribution in [0.5, 0.6) is 0 Å². The molecule has 0 unspecified atom stereocenters. The van der Waals surface area contributed by atoms with Crippen molar-refractivity contribution in [2.75, 3.05) is 7.11 Å². The third-order valence-electron chi connectivity index (χ3n) is 4.85. The zero-order valence-corrected chi connectivity index (χ0v) is 19.7. The molecule has 6 nitrogen and oxygen atoms in total. The van der Waals surface area contributed by atoms with Crippen molar-refractivity contribution in [2.24, 2.45) is 11.8 Å². The Morgan fingerprint density at radius 3 is 1.80 bits per heavy atom.